The van der Waals surface area contributed by atoms with E-state index in [0.29, 0.717) is 5.06 Å². The van der Waals surface area contributed by atoms with Crippen LogP contribution in [0.15, 0.2) is 35.9 Å². The topological polar surface area (TPSA) is 66.6 Å². The Morgan fingerprint density at radius 2 is 2.21 bits per heavy atom. The number of allylic oxidation sites excluding steroid dienone is 4. The summed E-state index contributed by atoms with van der Waals surface area (Å²) in [5.74, 6) is 5.70. The van der Waals surface area contributed by atoms with E-state index >= 15 is 0 Å². The number of halogens is 1. The molecule has 0 saturated carbocycles. The van der Waals surface area contributed by atoms with Gasteiger partial charge in [-0.15, -0.1) is 11.3 Å². The predicted octanol–water partition coefficient (Wildman–Crippen LogP) is 4.05. The maximum Gasteiger partial charge on any atom is 0.339 e. The van der Waals surface area contributed by atoms with Gasteiger partial charge in [0.05, 0.1) is 4.88 Å². The number of nitrogens with zero attached hydrogens (tertiary/aromatic N) is 1. The summed E-state index contributed by atoms with van der Waals surface area (Å²) in [6, 6.07) is 2.29. The van der Waals surface area contributed by atoms with Gasteiger partial charge in [-0.25, -0.2) is 9.18 Å². The molecule has 4 nitrogen and oxygen atoms in total. The summed E-state index contributed by atoms with van der Waals surface area (Å²) < 4.78 is 12.8. The number of primary amides is 1. The number of thiophene rings is 1. The Bertz CT molecular complexity index is 668. The van der Waals surface area contributed by atoms with Gasteiger partial charge >= 0.3 is 6.03 Å². The monoisotopic (exact) mass is 350 g/mol. The molecule has 2 amide bonds. The summed E-state index contributed by atoms with van der Waals surface area (Å²) in [4.78, 5) is 12.8. The third-order valence-corrected chi connectivity index (χ3v) is 4.25. The molecule has 0 radical (unpaired) electrons. The van der Waals surface area contributed by atoms with Gasteiger partial charge in [-0.05, 0) is 39.3 Å². The molecular formula is C18H23FN2O2S. The van der Waals surface area contributed by atoms with Crippen molar-refractivity contribution in [3.63, 3.8) is 0 Å². The summed E-state index contributed by atoms with van der Waals surface area (Å²) in [7, 11) is 0. The zero-order valence-corrected chi connectivity index (χ0v) is 14.9. The minimum Gasteiger partial charge on any atom is -0.350 e. The molecule has 130 valence electrons. The van der Waals surface area contributed by atoms with Crippen LogP contribution in [0.2, 0.25) is 0 Å². The number of carbonyl (C=O) groups is 1. The van der Waals surface area contributed by atoms with Crippen molar-refractivity contribution in [2.24, 2.45) is 5.73 Å². The van der Waals surface area contributed by atoms with E-state index in [0.717, 1.165) is 22.6 Å². The SMILES string of the molecule is C/C=C(\C/C=C\C(C)F)Cc1ccc(C#C[C@@H](C)N(O)C(N)=O)s1. The molecule has 1 aromatic heterocycles. The molecule has 1 heterocycles. The average molecular weight is 350 g/mol. The van der Waals surface area contributed by atoms with E-state index in [9.17, 15) is 14.4 Å². The van der Waals surface area contributed by atoms with Crippen LogP contribution in [0.1, 0.15) is 36.9 Å². The van der Waals surface area contributed by atoms with Crippen LogP contribution in [0.3, 0.4) is 0 Å². The van der Waals surface area contributed by atoms with Gasteiger partial charge in [0.2, 0.25) is 0 Å². The molecule has 0 bridgehead atoms. The second-order valence-corrected chi connectivity index (χ2v) is 6.50. The Labute approximate surface area is 146 Å². The van der Waals surface area contributed by atoms with Crippen molar-refractivity contribution in [2.45, 2.75) is 45.8 Å². The van der Waals surface area contributed by atoms with Gasteiger partial charge in [-0.3, -0.25) is 5.21 Å². The van der Waals surface area contributed by atoms with Crippen molar-refractivity contribution in [2.75, 3.05) is 0 Å². The number of nitrogens with two attached hydrogens (primary N) is 1. The number of amides is 2. The number of alkyl halides is 1. The summed E-state index contributed by atoms with van der Waals surface area (Å²) in [5.41, 5.74) is 6.18. The molecule has 2 atom stereocenters. The molecule has 6 heteroatoms. The van der Waals surface area contributed by atoms with E-state index in [4.69, 9.17) is 5.73 Å². The highest BCUT2D eigenvalue weighted by Crippen LogP contribution is 2.21. The predicted molar refractivity (Wildman–Crippen MR) is 95.7 cm³/mol. The molecule has 1 unspecified atom stereocenters. The fourth-order valence-electron chi connectivity index (χ4n) is 1.89. The molecule has 0 aromatic carbocycles. The third kappa shape index (κ3) is 6.99. The molecule has 0 aliphatic rings. The summed E-state index contributed by atoms with van der Waals surface area (Å²) in [5, 5.41) is 9.77. The number of rotatable bonds is 6. The Morgan fingerprint density at radius 1 is 1.50 bits per heavy atom. The lowest BCUT2D eigenvalue weighted by molar-refractivity contribution is -0.0536. The Hall–Kier alpha value is -2.10. The van der Waals surface area contributed by atoms with Crippen LogP contribution in [0.5, 0.6) is 0 Å². The number of hydrogen-bond donors (Lipinski definition) is 2. The van der Waals surface area contributed by atoms with Crippen molar-refractivity contribution >= 4 is 17.4 Å². The largest absolute Gasteiger partial charge is 0.350 e. The molecule has 0 spiro atoms. The summed E-state index contributed by atoms with van der Waals surface area (Å²) >= 11 is 1.55. The van der Waals surface area contributed by atoms with Gasteiger partial charge in [-0.1, -0.05) is 35.6 Å². The van der Waals surface area contributed by atoms with Crippen molar-refractivity contribution in [1.82, 2.24) is 5.06 Å². The first kappa shape index (κ1) is 19.9. The Balaban J connectivity index is 2.68. The van der Waals surface area contributed by atoms with E-state index in [1.807, 2.05) is 31.2 Å². The van der Waals surface area contributed by atoms with Gasteiger partial charge in [-0.2, -0.15) is 5.06 Å². The van der Waals surface area contributed by atoms with Crippen LogP contribution in [-0.4, -0.2) is 28.5 Å². The van der Waals surface area contributed by atoms with Crippen LogP contribution in [0.25, 0.3) is 0 Å². The first-order valence-corrected chi connectivity index (χ1v) is 8.47. The molecular weight excluding hydrogens is 327 g/mol. The first-order chi connectivity index (χ1) is 11.3. The maximum absolute atomic E-state index is 12.8. The molecule has 0 saturated heterocycles. The van der Waals surface area contributed by atoms with Crippen LogP contribution in [0.4, 0.5) is 9.18 Å². The van der Waals surface area contributed by atoms with Crippen molar-refractivity contribution in [3.8, 4) is 11.8 Å². The highest BCUT2D eigenvalue weighted by molar-refractivity contribution is 7.12. The van der Waals surface area contributed by atoms with Gasteiger partial charge < -0.3 is 5.73 Å². The van der Waals surface area contributed by atoms with Gasteiger partial charge in [0.1, 0.15) is 12.2 Å². The number of hydroxylamine groups is 2. The second-order valence-electron chi connectivity index (χ2n) is 5.33. The van der Waals surface area contributed by atoms with Crippen LogP contribution in [-0.2, 0) is 6.42 Å². The smallest absolute Gasteiger partial charge is 0.339 e. The van der Waals surface area contributed by atoms with Crippen molar-refractivity contribution in [1.29, 1.82) is 0 Å². The van der Waals surface area contributed by atoms with Crippen molar-refractivity contribution < 1.29 is 14.4 Å². The minimum absolute atomic E-state index is 0.400. The molecule has 3 N–H and O–H groups in total. The quantitative estimate of drug-likeness (QED) is 0.352. The standard InChI is InChI=1S/C18H23FN2O2S/c1-4-15(7-5-6-13(2)19)12-17-11-10-16(24-17)9-8-14(3)21(23)18(20)22/h4-6,10-11,13-14,23H,7,12H2,1-3H3,(H2,20,22)/b6-5-,15-4+/t13?,14-/m1/s1. The fraction of sp³-hybridized carbons (Fsp3) is 0.389. The summed E-state index contributed by atoms with van der Waals surface area (Å²) in [6.45, 7) is 5.06. The van der Waals surface area contributed by atoms with E-state index in [1.54, 1.807) is 24.3 Å². The lowest BCUT2D eigenvalue weighted by atomic mass is 10.1. The Morgan fingerprint density at radius 3 is 2.79 bits per heavy atom. The van der Waals surface area contributed by atoms with Gasteiger partial charge in [0.25, 0.3) is 0 Å². The Kier molecular flexibility index (Phi) is 8.24. The third-order valence-electron chi connectivity index (χ3n) is 3.25. The number of hydrogen-bond acceptors (Lipinski definition) is 3. The van der Waals surface area contributed by atoms with E-state index < -0.39 is 18.2 Å². The first-order valence-electron chi connectivity index (χ1n) is 7.66. The van der Waals surface area contributed by atoms with Crippen LogP contribution < -0.4 is 5.73 Å². The van der Waals surface area contributed by atoms with Gasteiger partial charge in [0.15, 0.2) is 0 Å². The average Bonchev–Trinajstić information content (AvgIpc) is 2.97. The highest BCUT2D eigenvalue weighted by Gasteiger charge is 2.11. The lowest BCUT2D eigenvalue weighted by Crippen LogP contribution is -2.38. The van der Waals surface area contributed by atoms with E-state index in [2.05, 4.69) is 11.8 Å². The van der Waals surface area contributed by atoms with E-state index in [-0.39, 0.29) is 0 Å². The zero-order chi connectivity index (χ0) is 18.1. The normalized spacial score (nSPS) is 14.1. The second kappa shape index (κ2) is 9.91. The van der Waals surface area contributed by atoms with E-state index in [1.165, 1.54) is 12.5 Å². The molecule has 0 fully saturated rings. The minimum atomic E-state index is -0.933. The molecule has 1 rings (SSSR count). The zero-order valence-electron chi connectivity index (χ0n) is 14.1. The molecule has 0 aliphatic carbocycles. The molecule has 24 heavy (non-hydrogen) atoms. The summed E-state index contributed by atoms with van der Waals surface area (Å²) in [6.07, 6.45) is 6.01. The van der Waals surface area contributed by atoms with Crippen LogP contribution >= 0.6 is 11.3 Å². The molecule has 1 aromatic rings. The van der Waals surface area contributed by atoms with Gasteiger partial charge in [0, 0.05) is 11.3 Å². The number of carbonyl (C=O) groups excluding carboxylic acids is 1. The lowest BCUT2D eigenvalue weighted by Gasteiger charge is -2.14. The number of urea groups is 1. The fourth-order valence-corrected chi connectivity index (χ4v) is 2.81. The highest BCUT2D eigenvalue weighted by atomic mass is 32.1. The molecule has 0 aliphatic heterocycles. The van der Waals surface area contributed by atoms with Crippen molar-refractivity contribution in [3.05, 3.63) is 45.7 Å². The maximum atomic E-state index is 12.8. The van der Waals surface area contributed by atoms with Crippen LogP contribution in [0, 0.1) is 11.8 Å².